The number of hydrogen-bond acceptors (Lipinski definition) is 4. The lowest BCUT2D eigenvalue weighted by molar-refractivity contribution is -0.141. The number of halogens is 1. The molecule has 1 atom stereocenters. The summed E-state index contributed by atoms with van der Waals surface area (Å²) in [5.41, 5.74) is 6.32. The monoisotopic (exact) mass is 241 g/mol. The number of ether oxygens (including phenoxy) is 2. The Morgan fingerprint density at radius 3 is 2.76 bits per heavy atom. The van der Waals surface area contributed by atoms with E-state index in [0.29, 0.717) is 5.56 Å². The van der Waals surface area contributed by atoms with E-state index in [-0.39, 0.29) is 24.8 Å². The van der Waals surface area contributed by atoms with Gasteiger partial charge in [-0.05, 0) is 24.6 Å². The van der Waals surface area contributed by atoms with Crippen LogP contribution in [0, 0.1) is 5.82 Å². The predicted octanol–water partition coefficient (Wildman–Crippen LogP) is 1.79. The molecule has 0 amide bonds. The molecule has 0 aliphatic heterocycles. The van der Waals surface area contributed by atoms with Gasteiger partial charge in [-0.15, -0.1) is 0 Å². The molecule has 1 aromatic rings. The van der Waals surface area contributed by atoms with Crippen molar-refractivity contribution in [3.05, 3.63) is 29.6 Å². The van der Waals surface area contributed by atoms with Crippen molar-refractivity contribution in [1.82, 2.24) is 0 Å². The van der Waals surface area contributed by atoms with E-state index in [1.54, 1.807) is 13.0 Å². The zero-order valence-corrected chi connectivity index (χ0v) is 9.90. The average Bonchev–Trinajstić information content (AvgIpc) is 2.30. The van der Waals surface area contributed by atoms with E-state index in [2.05, 4.69) is 4.74 Å². The quantitative estimate of drug-likeness (QED) is 0.798. The van der Waals surface area contributed by atoms with Crippen molar-refractivity contribution in [1.29, 1.82) is 0 Å². The van der Waals surface area contributed by atoms with Crippen molar-refractivity contribution in [3.8, 4) is 5.75 Å². The van der Waals surface area contributed by atoms with Crippen LogP contribution in [0.15, 0.2) is 18.2 Å². The minimum atomic E-state index is -0.482. The number of carbonyl (C=O) groups is 1. The van der Waals surface area contributed by atoms with Crippen molar-refractivity contribution in [2.75, 3.05) is 13.7 Å². The highest BCUT2D eigenvalue weighted by atomic mass is 19.1. The highest BCUT2D eigenvalue weighted by Gasteiger charge is 2.08. The lowest BCUT2D eigenvalue weighted by Crippen LogP contribution is -2.09. The number of esters is 1. The summed E-state index contributed by atoms with van der Waals surface area (Å²) in [5.74, 6) is -0.763. The molecule has 0 fully saturated rings. The molecule has 0 radical (unpaired) electrons. The highest BCUT2D eigenvalue weighted by Crippen LogP contribution is 2.21. The van der Waals surface area contributed by atoms with Crippen molar-refractivity contribution in [2.24, 2.45) is 5.73 Å². The second kappa shape index (κ2) is 6.20. The van der Waals surface area contributed by atoms with Crippen LogP contribution in [0.3, 0.4) is 0 Å². The average molecular weight is 241 g/mol. The SMILES string of the molecule is COC(=O)CCOc1ccc([C@H](C)N)cc1F. The number of carbonyl (C=O) groups excluding carboxylic acids is 1. The third-order valence-electron chi connectivity index (χ3n) is 2.27. The molecule has 17 heavy (non-hydrogen) atoms. The molecule has 2 N–H and O–H groups in total. The molecule has 0 spiro atoms. The van der Waals surface area contributed by atoms with Crippen LogP contribution < -0.4 is 10.5 Å². The van der Waals surface area contributed by atoms with E-state index in [9.17, 15) is 9.18 Å². The van der Waals surface area contributed by atoms with Gasteiger partial charge in [-0.2, -0.15) is 0 Å². The second-order valence-corrected chi connectivity index (χ2v) is 3.65. The predicted molar refractivity (Wildman–Crippen MR) is 61.1 cm³/mol. The highest BCUT2D eigenvalue weighted by molar-refractivity contribution is 5.69. The first-order chi connectivity index (χ1) is 8.04. The normalized spacial score (nSPS) is 12.0. The first kappa shape index (κ1) is 13.4. The van der Waals surface area contributed by atoms with Gasteiger partial charge in [0.1, 0.15) is 0 Å². The standard InChI is InChI=1S/C12H16FNO3/c1-8(14)9-3-4-11(10(13)7-9)17-6-5-12(15)16-2/h3-4,7-8H,5-6,14H2,1-2H3/t8-/m0/s1. The van der Waals surface area contributed by atoms with E-state index in [1.807, 2.05) is 0 Å². The lowest BCUT2D eigenvalue weighted by atomic mass is 10.1. The molecule has 1 aromatic carbocycles. The van der Waals surface area contributed by atoms with Gasteiger partial charge in [0.15, 0.2) is 11.6 Å². The molecule has 5 heteroatoms. The summed E-state index contributed by atoms with van der Waals surface area (Å²) in [6.07, 6.45) is 0.0883. The maximum Gasteiger partial charge on any atom is 0.308 e. The van der Waals surface area contributed by atoms with Crippen LogP contribution in [-0.2, 0) is 9.53 Å². The summed E-state index contributed by atoms with van der Waals surface area (Å²) >= 11 is 0. The Morgan fingerprint density at radius 1 is 1.53 bits per heavy atom. The molecule has 0 aliphatic rings. The maximum atomic E-state index is 13.5. The van der Waals surface area contributed by atoms with Gasteiger partial charge in [-0.3, -0.25) is 4.79 Å². The summed E-state index contributed by atoms with van der Waals surface area (Å²) in [6.45, 7) is 1.85. The number of nitrogens with two attached hydrogens (primary N) is 1. The van der Waals surface area contributed by atoms with Crippen molar-refractivity contribution >= 4 is 5.97 Å². The van der Waals surface area contributed by atoms with Crippen LogP contribution in [0.2, 0.25) is 0 Å². The van der Waals surface area contributed by atoms with Crippen LogP contribution in [0.5, 0.6) is 5.75 Å². The molecular formula is C12H16FNO3. The van der Waals surface area contributed by atoms with E-state index < -0.39 is 11.8 Å². The molecule has 0 aliphatic carbocycles. The number of rotatable bonds is 5. The van der Waals surface area contributed by atoms with Gasteiger partial charge in [0.05, 0.1) is 20.1 Å². The van der Waals surface area contributed by atoms with Crippen molar-refractivity contribution in [3.63, 3.8) is 0 Å². The van der Waals surface area contributed by atoms with Crippen molar-refractivity contribution < 1.29 is 18.7 Å². The fraction of sp³-hybridized carbons (Fsp3) is 0.417. The van der Waals surface area contributed by atoms with Crippen molar-refractivity contribution in [2.45, 2.75) is 19.4 Å². The van der Waals surface area contributed by atoms with Gasteiger partial charge in [0.2, 0.25) is 0 Å². The molecule has 0 saturated carbocycles. The zero-order chi connectivity index (χ0) is 12.8. The van der Waals surface area contributed by atoms with E-state index >= 15 is 0 Å². The maximum absolute atomic E-state index is 13.5. The first-order valence-corrected chi connectivity index (χ1v) is 5.29. The topological polar surface area (TPSA) is 61.5 Å². The van der Waals surface area contributed by atoms with Gasteiger partial charge in [-0.1, -0.05) is 6.07 Å². The Balaban J connectivity index is 2.57. The van der Waals surface area contributed by atoms with Crippen LogP contribution in [0.1, 0.15) is 24.9 Å². The van der Waals surface area contributed by atoms with Gasteiger partial charge in [0, 0.05) is 6.04 Å². The minimum absolute atomic E-state index is 0.0844. The van der Waals surface area contributed by atoms with Crippen LogP contribution in [-0.4, -0.2) is 19.7 Å². The first-order valence-electron chi connectivity index (χ1n) is 5.29. The zero-order valence-electron chi connectivity index (χ0n) is 9.90. The van der Waals surface area contributed by atoms with E-state index in [0.717, 1.165) is 0 Å². The summed E-state index contributed by atoms with van der Waals surface area (Å²) in [5, 5.41) is 0. The summed E-state index contributed by atoms with van der Waals surface area (Å²) in [7, 11) is 1.29. The minimum Gasteiger partial charge on any atom is -0.490 e. The molecule has 4 nitrogen and oxygen atoms in total. The Labute approximate surface area is 99.5 Å². The Hall–Kier alpha value is -1.62. The molecule has 0 saturated heterocycles. The summed E-state index contributed by atoms with van der Waals surface area (Å²) in [4.78, 5) is 10.8. The second-order valence-electron chi connectivity index (χ2n) is 3.65. The number of methoxy groups -OCH3 is 1. The van der Waals surface area contributed by atoms with Gasteiger partial charge < -0.3 is 15.2 Å². The van der Waals surface area contributed by atoms with E-state index in [1.165, 1.54) is 19.2 Å². The third kappa shape index (κ3) is 4.03. The molecule has 1 rings (SSSR count). The largest absolute Gasteiger partial charge is 0.490 e. The fourth-order valence-corrected chi connectivity index (χ4v) is 1.26. The number of benzene rings is 1. The fourth-order valence-electron chi connectivity index (χ4n) is 1.26. The Bertz CT molecular complexity index is 393. The molecule has 0 aromatic heterocycles. The van der Waals surface area contributed by atoms with Crippen LogP contribution in [0.25, 0.3) is 0 Å². The Morgan fingerprint density at radius 2 is 2.24 bits per heavy atom. The number of hydrogen-bond donors (Lipinski definition) is 1. The smallest absolute Gasteiger partial charge is 0.308 e. The molecular weight excluding hydrogens is 225 g/mol. The van der Waals surface area contributed by atoms with Gasteiger partial charge in [0.25, 0.3) is 0 Å². The van der Waals surface area contributed by atoms with E-state index in [4.69, 9.17) is 10.5 Å². The van der Waals surface area contributed by atoms with Crippen LogP contribution in [0.4, 0.5) is 4.39 Å². The summed E-state index contributed by atoms with van der Waals surface area (Å²) < 4.78 is 23.1. The Kier molecular flexibility index (Phi) is 4.90. The van der Waals surface area contributed by atoms with Gasteiger partial charge >= 0.3 is 5.97 Å². The van der Waals surface area contributed by atoms with Crippen LogP contribution >= 0.6 is 0 Å². The third-order valence-corrected chi connectivity index (χ3v) is 2.27. The molecule has 0 unspecified atom stereocenters. The molecule has 0 heterocycles. The lowest BCUT2D eigenvalue weighted by Gasteiger charge is -2.09. The summed E-state index contributed by atoms with van der Waals surface area (Å²) in [6, 6.07) is 4.30. The molecule has 0 bridgehead atoms. The molecule has 94 valence electrons. The van der Waals surface area contributed by atoms with Gasteiger partial charge in [-0.25, -0.2) is 4.39 Å².